The number of ether oxygens (including phenoxy) is 1. The first-order valence-corrected chi connectivity index (χ1v) is 5.45. The monoisotopic (exact) mass is 220 g/mol. The average Bonchev–Trinajstić information content (AvgIpc) is 2.76. The van der Waals surface area contributed by atoms with Crippen molar-refractivity contribution in [1.82, 2.24) is 5.32 Å². The molecule has 1 aliphatic rings. The highest BCUT2D eigenvalue weighted by Gasteiger charge is 2.12. The van der Waals surface area contributed by atoms with Crippen molar-refractivity contribution in [2.45, 2.75) is 6.42 Å². The van der Waals surface area contributed by atoms with E-state index in [4.69, 9.17) is 4.74 Å². The highest BCUT2D eigenvalue weighted by molar-refractivity contribution is 5.95. The molecule has 86 valence electrons. The van der Waals surface area contributed by atoms with Crippen molar-refractivity contribution in [3.05, 3.63) is 29.3 Å². The van der Waals surface area contributed by atoms with Crippen molar-refractivity contribution in [2.75, 3.05) is 32.1 Å². The Bertz CT molecular complexity index is 391. The minimum atomic E-state index is -0.0354. The van der Waals surface area contributed by atoms with Crippen LogP contribution in [0.4, 0.5) is 5.69 Å². The van der Waals surface area contributed by atoms with E-state index in [9.17, 15) is 4.79 Å². The Kier molecular flexibility index (Phi) is 3.41. The van der Waals surface area contributed by atoms with Crippen LogP contribution in [0.3, 0.4) is 0 Å². The molecular weight excluding hydrogens is 204 g/mol. The van der Waals surface area contributed by atoms with Gasteiger partial charge in [0.15, 0.2) is 0 Å². The topological polar surface area (TPSA) is 50.4 Å². The number of nitrogens with one attached hydrogen (secondary N) is 2. The third kappa shape index (κ3) is 2.33. The molecule has 1 amide bonds. The summed E-state index contributed by atoms with van der Waals surface area (Å²) < 4.78 is 4.88. The van der Waals surface area contributed by atoms with Crippen LogP contribution in [0.1, 0.15) is 15.9 Å². The van der Waals surface area contributed by atoms with E-state index in [0.717, 1.165) is 24.2 Å². The molecule has 0 saturated carbocycles. The largest absolute Gasteiger partial charge is 0.384 e. The number of hydrogen-bond acceptors (Lipinski definition) is 3. The van der Waals surface area contributed by atoms with Crippen molar-refractivity contribution in [1.29, 1.82) is 0 Å². The van der Waals surface area contributed by atoms with Gasteiger partial charge in [-0.05, 0) is 30.2 Å². The first kappa shape index (κ1) is 11.0. The van der Waals surface area contributed by atoms with Crippen molar-refractivity contribution in [3.63, 3.8) is 0 Å². The van der Waals surface area contributed by atoms with Crippen molar-refractivity contribution in [3.8, 4) is 0 Å². The lowest BCUT2D eigenvalue weighted by Crippen LogP contribution is -2.26. The van der Waals surface area contributed by atoms with Gasteiger partial charge in [0.05, 0.1) is 6.61 Å². The molecule has 1 heterocycles. The summed E-state index contributed by atoms with van der Waals surface area (Å²) >= 11 is 0. The quantitative estimate of drug-likeness (QED) is 0.745. The lowest BCUT2D eigenvalue weighted by Gasteiger charge is -2.06. The van der Waals surface area contributed by atoms with Gasteiger partial charge in [-0.15, -0.1) is 0 Å². The van der Waals surface area contributed by atoms with Crippen molar-refractivity contribution >= 4 is 11.6 Å². The van der Waals surface area contributed by atoms with Gasteiger partial charge in [0, 0.05) is 31.5 Å². The molecule has 0 atom stereocenters. The maximum absolute atomic E-state index is 11.7. The van der Waals surface area contributed by atoms with Gasteiger partial charge in [-0.1, -0.05) is 0 Å². The summed E-state index contributed by atoms with van der Waals surface area (Å²) in [7, 11) is 1.62. The van der Waals surface area contributed by atoms with Crippen LogP contribution in [0.2, 0.25) is 0 Å². The smallest absolute Gasteiger partial charge is 0.251 e. The number of methoxy groups -OCH3 is 1. The molecule has 0 spiro atoms. The van der Waals surface area contributed by atoms with Gasteiger partial charge >= 0.3 is 0 Å². The molecular formula is C12H16N2O2. The van der Waals surface area contributed by atoms with Crippen LogP contribution in [0.25, 0.3) is 0 Å². The fourth-order valence-corrected chi connectivity index (χ4v) is 1.81. The lowest BCUT2D eigenvalue weighted by atomic mass is 10.1. The van der Waals surface area contributed by atoms with Gasteiger partial charge in [0.25, 0.3) is 5.91 Å². The Morgan fingerprint density at radius 2 is 2.44 bits per heavy atom. The molecule has 0 bridgehead atoms. The van der Waals surface area contributed by atoms with Crippen LogP contribution < -0.4 is 10.6 Å². The van der Waals surface area contributed by atoms with Crippen LogP contribution in [-0.4, -0.2) is 32.7 Å². The fraction of sp³-hybridized carbons (Fsp3) is 0.417. The highest BCUT2D eigenvalue weighted by Crippen LogP contribution is 2.22. The maximum atomic E-state index is 11.7. The Labute approximate surface area is 95.0 Å². The van der Waals surface area contributed by atoms with Crippen LogP contribution in [-0.2, 0) is 11.2 Å². The molecule has 0 radical (unpaired) electrons. The van der Waals surface area contributed by atoms with Gasteiger partial charge in [0.2, 0.25) is 0 Å². The molecule has 1 aliphatic heterocycles. The zero-order valence-electron chi connectivity index (χ0n) is 9.38. The third-order valence-corrected chi connectivity index (χ3v) is 2.67. The number of carbonyl (C=O) groups excluding carboxylic acids is 1. The number of fused-ring (bicyclic) bond motifs is 1. The number of hydrogen-bond donors (Lipinski definition) is 2. The van der Waals surface area contributed by atoms with Crippen LogP contribution in [0.15, 0.2) is 18.2 Å². The average molecular weight is 220 g/mol. The summed E-state index contributed by atoms with van der Waals surface area (Å²) in [5, 5.41) is 6.07. The van der Waals surface area contributed by atoms with E-state index in [1.807, 2.05) is 18.2 Å². The van der Waals surface area contributed by atoms with E-state index in [-0.39, 0.29) is 5.91 Å². The molecule has 4 nitrogen and oxygen atoms in total. The first-order chi connectivity index (χ1) is 7.81. The Morgan fingerprint density at radius 3 is 3.25 bits per heavy atom. The van der Waals surface area contributed by atoms with E-state index in [2.05, 4.69) is 10.6 Å². The Balaban J connectivity index is 2.01. The van der Waals surface area contributed by atoms with E-state index in [1.165, 1.54) is 5.56 Å². The summed E-state index contributed by atoms with van der Waals surface area (Å²) in [6.07, 6.45) is 0.995. The van der Waals surface area contributed by atoms with Crippen LogP contribution >= 0.6 is 0 Å². The van der Waals surface area contributed by atoms with Crippen molar-refractivity contribution < 1.29 is 9.53 Å². The zero-order chi connectivity index (χ0) is 11.4. The van der Waals surface area contributed by atoms with Crippen LogP contribution in [0, 0.1) is 0 Å². The van der Waals surface area contributed by atoms with Gasteiger partial charge in [-0.2, -0.15) is 0 Å². The lowest BCUT2D eigenvalue weighted by molar-refractivity contribution is 0.0937. The first-order valence-electron chi connectivity index (χ1n) is 5.45. The third-order valence-electron chi connectivity index (χ3n) is 2.67. The molecule has 0 fully saturated rings. The number of rotatable bonds is 4. The van der Waals surface area contributed by atoms with Gasteiger partial charge in [0.1, 0.15) is 0 Å². The summed E-state index contributed by atoms with van der Waals surface area (Å²) in [4.78, 5) is 11.7. The van der Waals surface area contributed by atoms with E-state index in [1.54, 1.807) is 7.11 Å². The van der Waals surface area contributed by atoms with Gasteiger partial charge in [-0.3, -0.25) is 4.79 Å². The molecule has 0 saturated heterocycles. The molecule has 0 aliphatic carbocycles. The van der Waals surface area contributed by atoms with Gasteiger partial charge in [-0.25, -0.2) is 0 Å². The standard InChI is InChI=1S/C12H16N2O2/c1-16-7-6-14-12(15)10-2-3-11-9(8-10)4-5-13-11/h2-3,8,13H,4-7H2,1H3,(H,14,15). The molecule has 1 aromatic rings. The second-order valence-electron chi connectivity index (χ2n) is 3.80. The normalized spacial score (nSPS) is 13.1. The number of amides is 1. The minimum absolute atomic E-state index is 0.0354. The predicted molar refractivity (Wildman–Crippen MR) is 62.8 cm³/mol. The van der Waals surface area contributed by atoms with E-state index < -0.39 is 0 Å². The number of carbonyl (C=O) groups is 1. The number of anilines is 1. The van der Waals surface area contributed by atoms with E-state index >= 15 is 0 Å². The summed E-state index contributed by atoms with van der Waals surface area (Å²) in [5.41, 5.74) is 3.09. The predicted octanol–water partition coefficient (Wildman–Crippen LogP) is 1.03. The molecule has 4 heteroatoms. The zero-order valence-corrected chi connectivity index (χ0v) is 9.38. The molecule has 0 aromatic heterocycles. The summed E-state index contributed by atoms with van der Waals surface area (Å²) in [6, 6.07) is 5.77. The van der Waals surface area contributed by atoms with Gasteiger partial charge < -0.3 is 15.4 Å². The fourth-order valence-electron chi connectivity index (χ4n) is 1.81. The molecule has 1 aromatic carbocycles. The Hall–Kier alpha value is -1.55. The maximum Gasteiger partial charge on any atom is 0.251 e. The molecule has 2 rings (SSSR count). The molecule has 2 N–H and O–H groups in total. The Morgan fingerprint density at radius 1 is 1.56 bits per heavy atom. The van der Waals surface area contributed by atoms with Crippen molar-refractivity contribution in [2.24, 2.45) is 0 Å². The SMILES string of the molecule is COCCNC(=O)c1ccc2c(c1)CCN2. The highest BCUT2D eigenvalue weighted by atomic mass is 16.5. The summed E-state index contributed by atoms with van der Waals surface area (Å²) in [6.45, 7) is 2.05. The number of benzene rings is 1. The molecule has 16 heavy (non-hydrogen) atoms. The minimum Gasteiger partial charge on any atom is -0.384 e. The second kappa shape index (κ2) is 4.99. The molecule has 0 unspecified atom stereocenters. The second-order valence-corrected chi connectivity index (χ2v) is 3.80. The van der Waals surface area contributed by atoms with Crippen LogP contribution in [0.5, 0.6) is 0 Å². The van der Waals surface area contributed by atoms with E-state index in [0.29, 0.717) is 13.2 Å². The summed E-state index contributed by atoms with van der Waals surface area (Å²) in [5.74, 6) is -0.0354.